The fraction of sp³-hybridized carbons (Fsp3) is 0.550. The van der Waals surface area contributed by atoms with Crippen LogP contribution in [0.1, 0.15) is 58.6 Å². The number of nitrogens with zero attached hydrogens (tertiary/aromatic N) is 1. The van der Waals surface area contributed by atoms with Gasteiger partial charge in [0.15, 0.2) is 6.04 Å². The molecule has 7 heteroatoms. The summed E-state index contributed by atoms with van der Waals surface area (Å²) in [7, 11) is 0. The molecule has 0 heterocycles. The van der Waals surface area contributed by atoms with Crippen molar-refractivity contribution in [3.63, 3.8) is 0 Å². The smallest absolute Gasteiger partial charge is 0.333 e. The van der Waals surface area contributed by atoms with E-state index < -0.39 is 29.4 Å². The van der Waals surface area contributed by atoms with Crippen molar-refractivity contribution in [2.24, 2.45) is 5.92 Å². The van der Waals surface area contributed by atoms with E-state index in [-0.39, 0.29) is 13.0 Å². The number of rotatable bonds is 10. The van der Waals surface area contributed by atoms with Gasteiger partial charge in [-0.3, -0.25) is 14.8 Å². The lowest BCUT2D eigenvalue weighted by molar-refractivity contribution is -0.161. The number of hydrogen-bond donors (Lipinski definition) is 2. The summed E-state index contributed by atoms with van der Waals surface area (Å²) in [4.78, 5) is 36.2. The molecule has 0 aliphatic carbocycles. The minimum atomic E-state index is -0.967. The van der Waals surface area contributed by atoms with Gasteiger partial charge in [0.25, 0.3) is 0 Å². The van der Waals surface area contributed by atoms with Crippen LogP contribution in [0.25, 0.3) is 0 Å². The van der Waals surface area contributed by atoms with Gasteiger partial charge in [-0.15, -0.1) is 0 Å². The summed E-state index contributed by atoms with van der Waals surface area (Å²) in [6.07, 6.45) is 2.37. The van der Waals surface area contributed by atoms with Gasteiger partial charge in [-0.2, -0.15) is 0 Å². The van der Waals surface area contributed by atoms with E-state index in [4.69, 9.17) is 4.74 Å². The number of benzene rings is 1. The molecule has 0 saturated carbocycles. The largest absolute Gasteiger partial charge is 0.458 e. The Morgan fingerprint density at radius 3 is 2.41 bits per heavy atom. The molecule has 2 unspecified atom stereocenters. The second-order valence-corrected chi connectivity index (χ2v) is 7.45. The fourth-order valence-corrected chi connectivity index (χ4v) is 2.57. The van der Waals surface area contributed by atoms with Crippen molar-refractivity contribution in [1.29, 1.82) is 0 Å². The van der Waals surface area contributed by atoms with E-state index >= 15 is 0 Å². The Morgan fingerprint density at radius 2 is 1.89 bits per heavy atom. The molecule has 1 aromatic rings. The highest BCUT2D eigenvalue weighted by molar-refractivity contribution is 5.87. The number of esters is 1. The highest BCUT2D eigenvalue weighted by Gasteiger charge is 2.30. The molecule has 2 N–H and O–H groups in total. The number of ether oxygens (including phenoxy) is 1. The van der Waals surface area contributed by atoms with Gasteiger partial charge in [0, 0.05) is 0 Å². The van der Waals surface area contributed by atoms with Crippen LogP contribution in [0.15, 0.2) is 30.3 Å². The summed E-state index contributed by atoms with van der Waals surface area (Å²) >= 11 is 0. The van der Waals surface area contributed by atoms with Gasteiger partial charge in [0.05, 0.1) is 12.5 Å². The third kappa shape index (κ3) is 8.21. The summed E-state index contributed by atoms with van der Waals surface area (Å²) in [6, 6.07) is 7.87. The molecule has 0 aliphatic heterocycles. The second kappa shape index (κ2) is 10.7. The maximum Gasteiger partial charge on any atom is 0.333 e. The zero-order valence-electron chi connectivity index (χ0n) is 16.5. The Labute approximate surface area is 160 Å². The predicted octanol–water partition coefficient (Wildman–Crippen LogP) is 2.84. The van der Waals surface area contributed by atoms with Crippen molar-refractivity contribution in [2.45, 2.75) is 58.6 Å². The number of nitrogens with one attached hydrogen (secondary N) is 1. The summed E-state index contributed by atoms with van der Waals surface area (Å²) in [5.74, 6) is -1.61. The van der Waals surface area contributed by atoms with Crippen LogP contribution in [-0.2, 0) is 19.1 Å². The van der Waals surface area contributed by atoms with Crippen LogP contribution in [0.5, 0.6) is 0 Å². The van der Waals surface area contributed by atoms with E-state index in [9.17, 15) is 19.6 Å². The molecule has 0 bridgehead atoms. The van der Waals surface area contributed by atoms with E-state index in [0.717, 1.165) is 12.8 Å². The molecule has 0 spiro atoms. The maximum atomic E-state index is 12.8. The molecular formula is C20H30N2O5. The van der Waals surface area contributed by atoms with Crippen LogP contribution < -0.4 is 5.32 Å². The quantitative estimate of drug-likeness (QED) is 0.282. The van der Waals surface area contributed by atoms with E-state index in [1.807, 2.05) is 13.0 Å². The summed E-state index contributed by atoms with van der Waals surface area (Å²) in [5, 5.41) is 12.7. The summed E-state index contributed by atoms with van der Waals surface area (Å²) in [5.41, 5.74) is -0.0962. The minimum Gasteiger partial charge on any atom is -0.458 e. The predicted molar refractivity (Wildman–Crippen MR) is 101 cm³/mol. The van der Waals surface area contributed by atoms with Crippen LogP contribution >= 0.6 is 0 Å². The standard InChI is InChI=1S/C20H30N2O5/c1-5-6-10-16(13-22(26)14-23)18(24)21-17(15-11-8-7-9-12-15)19(25)27-20(2,3)4/h7-9,11-12,14,16-17,26H,5-6,10,13H2,1-4H3,(H,21,24). The molecule has 7 nitrogen and oxygen atoms in total. The van der Waals surface area contributed by atoms with Gasteiger partial charge in [-0.25, -0.2) is 9.86 Å². The molecule has 0 radical (unpaired) electrons. The highest BCUT2D eigenvalue weighted by atomic mass is 16.6. The zero-order chi connectivity index (χ0) is 20.4. The van der Waals surface area contributed by atoms with Crippen LogP contribution in [0.2, 0.25) is 0 Å². The molecular weight excluding hydrogens is 348 g/mol. The van der Waals surface area contributed by atoms with Crippen LogP contribution in [-0.4, -0.2) is 40.7 Å². The molecule has 2 atom stereocenters. The molecule has 2 amide bonds. The lowest BCUT2D eigenvalue weighted by Crippen LogP contribution is -2.43. The number of hydroxylamine groups is 2. The Hall–Kier alpha value is -2.41. The van der Waals surface area contributed by atoms with Crippen molar-refractivity contribution in [1.82, 2.24) is 10.4 Å². The number of carbonyl (C=O) groups is 3. The van der Waals surface area contributed by atoms with E-state index in [2.05, 4.69) is 5.32 Å². The SMILES string of the molecule is CCCCC(CN(O)C=O)C(=O)NC(C(=O)OC(C)(C)C)c1ccccc1. The summed E-state index contributed by atoms with van der Waals surface area (Å²) < 4.78 is 5.45. The van der Waals surface area contributed by atoms with Crippen LogP contribution in [0.3, 0.4) is 0 Å². The Morgan fingerprint density at radius 1 is 1.26 bits per heavy atom. The lowest BCUT2D eigenvalue weighted by atomic mass is 9.99. The first-order chi connectivity index (χ1) is 12.7. The van der Waals surface area contributed by atoms with Crippen molar-refractivity contribution in [3.8, 4) is 0 Å². The van der Waals surface area contributed by atoms with Crippen molar-refractivity contribution < 1.29 is 24.3 Å². The normalized spacial score (nSPS) is 13.4. The average molecular weight is 378 g/mol. The van der Waals surface area contributed by atoms with E-state index in [1.54, 1.807) is 45.0 Å². The van der Waals surface area contributed by atoms with Gasteiger partial charge in [-0.05, 0) is 32.8 Å². The average Bonchev–Trinajstić information content (AvgIpc) is 2.61. The van der Waals surface area contributed by atoms with Gasteiger partial charge in [0.1, 0.15) is 5.60 Å². The molecule has 0 aliphatic rings. The molecule has 1 aromatic carbocycles. The molecule has 27 heavy (non-hydrogen) atoms. The first-order valence-corrected chi connectivity index (χ1v) is 9.17. The van der Waals surface area contributed by atoms with Crippen LogP contribution in [0.4, 0.5) is 0 Å². The summed E-state index contributed by atoms with van der Waals surface area (Å²) in [6.45, 7) is 7.12. The van der Waals surface area contributed by atoms with Gasteiger partial charge in [-0.1, -0.05) is 50.1 Å². The van der Waals surface area contributed by atoms with Gasteiger partial charge < -0.3 is 10.1 Å². The Kier molecular flexibility index (Phi) is 8.94. The number of carbonyl (C=O) groups excluding carboxylic acids is 3. The van der Waals surface area contributed by atoms with Gasteiger partial charge in [0.2, 0.25) is 12.3 Å². The minimum absolute atomic E-state index is 0.134. The second-order valence-electron chi connectivity index (χ2n) is 7.45. The molecule has 1 rings (SSSR count). The number of amides is 2. The van der Waals surface area contributed by atoms with Crippen LogP contribution in [0, 0.1) is 5.92 Å². The Balaban J connectivity index is 3.01. The van der Waals surface area contributed by atoms with Crippen molar-refractivity contribution >= 4 is 18.3 Å². The third-order valence-electron chi connectivity index (χ3n) is 3.87. The van der Waals surface area contributed by atoms with Crippen molar-refractivity contribution in [2.75, 3.05) is 6.54 Å². The molecule has 150 valence electrons. The van der Waals surface area contributed by atoms with Gasteiger partial charge >= 0.3 is 5.97 Å². The fourth-order valence-electron chi connectivity index (χ4n) is 2.57. The topological polar surface area (TPSA) is 95.9 Å². The third-order valence-corrected chi connectivity index (χ3v) is 3.87. The number of hydrogen-bond acceptors (Lipinski definition) is 5. The van der Waals surface area contributed by atoms with E-state index in [0.29, 0.717) is 17.0 Å². The maximum absolute atomic E-state index is 12.8. The Bertz CT molecular complexity index is 613. The molecule has 0 saturated heterocycles. The molecule has 0 fully saturated rings. The molecule has 0 aromatic heterocycles. The lowest BCUT2D eigenvalue weighted by Gasteiger charge is -2.26. The zero-order valence-corrected chi connectivity index (χ0v) is 16.5. The highest BCUT2D eigenvalue weighted by Crippen LogP contribution is 2.20. The van der Waals surface area contributed by atoms with E-state index in [1.165, 1.54) is 0 Å². The monoisotopic (exact) mass is 378 g/mol. The first-order valence-electron chi connectivity index (χ1n) is 9.17. The first kappa shape index (κ1) is 22.6. The van der Waals surface area contributed by atoms with Crippen molar-refractivity contribution in [3.05, 3.63) is 35.9 Å². The number of unbranched alkanes of at least 4 members (excludes halogenated alkanes) is 1.